The summed E-state index contributed by atoms with van der Waals surface area (Å²) in [5.74, 6) is 0. The Morgan fingerprint density at radius 1 is 1.64 bits per heavy atom. The van der Waals surface area contributed by atoms with Crippen LogP contribution in [-0.4, -0.2) is 25.5 Å². The van der Waals surface area contributed by atoms with Crippen LogP contribution in [0, 0.1) is 0 Å². The van der Waals surface area contributed by atoms with Crippen LogP contribution in [-0.2, 0) is 14.9 Å². The van der Waals surface area contributed by atoms with Crippen molar-refractivity contribution >= 4 is 10.1 Å². The molecule has 1 N–H and O–H groups in total. The molecule has 0 radical (unpaired) electrons. The number of rotatable bonds is 4. The summed E-state index contributed by atoms with van der Waals surface area (Å²) in [5.41, 5.74) is -1.31. The Balaban J connectivity index is 4.43. The summed E-state index contributed by atoms with van der Waals surface area (Å²) in [6, 6.07) is 0. The first-order valence-corrected chi connectivity index (χ1v) is 4.31. The molecule has 0 aliphatic rings. The van der Waals surface area contributed by atoms with Crippen molar-refractivity contribution in [3.63, 3.8) is 0 Å². The highest BCUT2D eigenvalue weighted by atomic mass is 32.2. The first-order valence-electron chi connectivity index (χ1n) is 2.80. The zero-order chi connectivity index (χ0) is 8.91. The Morgan fingerprint density at radius 3 is 2.45 bits per heavy atom. The molecule has 5 heteroatoms. The third kappa shape index (κ3) is 3.92. The van der Waals surface area contributed by atoms with Crippen molar-refractivity contribution in [1.29, 1.82) is 0 Å². The molecular weight excluding hydrogens is 168 g/mol. The van der Waals surface area contributed by atoms with Gasteiger partial charge in [0.1, 0.15) is 0 Å². The van der Waals surface area contributed by atoms with Crippen molar-refractivity contribution in [2.45, 2.75) is 5.44 Å². The van der Waals surface area contributed by atoms with Crippen molar-refractivity contribution in [1.82, 2.24) is 0 Å². The maximum absolute atomic E-state index is 10.4. The Hall–Kier alpha value is -0.650. The van der Waals surface area contributed by atoms with Gasteiger partial charge in [-0.3, -0.25) is 4.55 Å². The fourth-order valence-corrected chi connectivity index (χ4v) is 1.00. The third-order valence-corrected chi connectivity index (χ3v) is 1.87. The van der Waals surface area contributed by atoms with E-state index in [0.29, 0.717) is 0 Å². The first-order chi connectivity index (χ1) is 5.02. The molecule has 11 heavy (non-hydrogen) atoms. The molecule has 1 atom stereocenters. The van der Waals surface area contributed by atoms with Crippen LogP contribution in [0.5, 0.6) is 0 Å². The molecule has 0 aromatic rings. The number of hydrogen-bond acceptors (Lipinski definition) is 3. The predicted molar refractivity (Wildman–Crippen MR) is 41.7 cm³/mol. The summed E-state index contributed by atoms with van der Waals surface area (Å²) in [7, 11) is -2.96. The Morgan fingerprint density at radius 2 is 2.18 bits per heavy atom. The predicted octanol–water partition coefficient (Wildman–Crippen LogP) is 0.589. The van der Waals surface area contributed by atoms with E-state index >= 15 is 0 Å². The molecule has 0 saturated heterocycles. The maximum atomic E-state index is 10.4. The zero-order valence-corrected chi connectivity index (χ0v) is 6.91. The first kappa shape index (κ1) is 10.3. The minimum Gasteiger partial charge on any atom is -0.359 e. The van der Waals surface area contributed by atoms with Gasteiger partial charge in [-0.05, 0) is 6.08 Å². The van der Waals surface area contributed by atoms with E-state index in [2.05, 4.69) is 11.3 Å². The summed E-state index contributed by atoms with van der Waals surface area (Å²) in [6.07, 6.45) is 3.95. The van der Waals surface area contributed by atoms with Gasteiger partial charge in [-0.1, -0.05) is 18.7 Å². The topological polar surface area (TPSA) is 63.6 Å². The molecule has 0 heterocycles. The summed E-state index contributed by atoms with van der Waals surface area (Å²) in [4.78, 5) is 0. The molecule has 0 aromatic heterocycles. The van der Waals surface area contributed by atoms with Crippen molar-refractivity contribution in [3.8, 4) is 0 Å². The third-order valence-electron chi connectivity index (χ3n) is 0.930. The van der Waals surface area contributed by atoms with Gasteiger partial charge in [-0.2, -0.15) is 8.42 Å². The lowest BCUT2D eigenvalue weighted by Crippen LogP contribution is -2.19. The molecule has 0 saturated carbocycles. The minimum absolute atomic E-state index is 1.18. The quantitative estimate of drug-likeness (QED) is 0.505. The molecule has 0 aromatic carbocycles. The van der Waals surface area contributed by atoms with Gasteiger partial charge >= 0.3 is 0 Å². The summed E-state index contributed by atoms with van der Waals surface area (Å²) < 4.78 is 33.7. The highest BCUT2D eigenvalue weighted by Crippen LogP contribution is 2.00. The van der Waals surface area contributed by atoms with Gasteiger partial charge in [0.25, 0.3) is 10.1 Å². The SMILES string of the molecule is C=CC=CC(OC)S(=O)(=O)O. The van der Waals surface area contributed by atoms with E-state index in [0.717, 1.165) is 0 Å². The van der Waals surface area contributed by atoms with Crippen LogP contribution in [0.3, 0.4) is 0 Å². The summed E-state index contributed by atoms with van der Waals surface area (Å²) >= 11 is 0. The second-order valence-corrected chi connectivity index (χ2v) is 3.23. The lowest BCUT2D eigenvalue weighted by Gasteiger charge is -2.04. The summed E-state index contributed by atoms with van der Waals surface area (Å²) in [5, 5.41) is 0. The molecule has 0 amide bonds. The van der Waals surface area contributed by atoms with Crippen LogP contribution < -0.4 is 0 Å². The van der Waals surface area contributed by atoms with Gasteiger partial charge < -0.3 is 4.74 Å². The second kappa shape index (κ2) is 4.27. The van der Waals surface area contributed by atoms with Crippen LogP contribution in [0.2, 0.25) is 0 Å². The molecule has 0 aliphatic carbocycles. The average Bonchev–Trinajstić information content (AvgIpc) is 1.87. The van der Waals surface area contributed by atoms with Crippen molar-refractivity contribution in [2.75, 3.05) is 7.11 Å². The Bertz CT molecular complexity index is 239. The Kier molecular flexibility index (Phi) is 4.02. The van der Waals surface area contributed by atoms with Crippen LogP contribution in [0.25, 0.3) is 0 Å². The van der Waals surface area contributed by atoms with Gasteiger partial charge in [0.2, 0.25) is 5.44 Å². The fourth-order valence-electron chi connectivity index (χ4n) is 0.469. The van der Waals surface area contributed by atoms with E-state index < -0.39 is 15.6 Å². The van der Waals surface area contributed by atoms with E-state index in [1.54, 1.807) is 0 Å². The molecule has 0 bridgehead atoms. The number of allylic oxidation sites excluding steroid dienone is 2. The molecule has 4 nitrogen and oxygen atoms in total. The molecule has 0 rings (SSSR count). The monoisotopic (exact) mass is 178 g/mol. The number of ether oxygens (including phenoxy) is 1. The van der Waals surface area contributed by atoms with Gasteiger partial charge in [0, 0.05) is 7.11 Å². The number of hydrogen-bond donors (Lipinski definition) is 1. The standard InChI is InChI=1S/C6H10O4S/c1-3-4-5-6(10-2)11(7,8)9/h3-6H,1H2,2H3,(H,7,8,9). The minimum atomic E-state index is -4.14. The van der Waals surface area contributed by atoms with E-state index in [-0.39, 0.29) is 0 Å². The lowest BCUT2D eigenvalue weighted by molar-refractivity contribution is 0.188. The highest BCUT2D eigenvalue weighted by Gasteiger charge is 2.17. The molecule has 0 aliphatic heterocycles. The van der Waals surface area contributed by atoms with Crippen LogP contribution in [0.15, 0.2) is 24.8 Å². The van der Waals surface area contributed by atoms with Gasteiger partial charge in [-0.25, -0.2) is 0 Å². The molecule has 0 spiro atoms. The van der Waals surface area contributed by atoms with E-state index in [4.69, 9.17) is 4.55 Å². The van der Waals surface area contributed by atoms with Gasteiger partial charge in [0.15, 0.2) is 0 Å². The zero-order valence-electron chi connectivity index (χ0n) is 6.10. The van der Waals surface area contributed by atoms with E-state index in [1.165, 1.54) is 25.3 Å². The van der Waals surface area contributed by atoms with E-state index in [1.807, 2.05) is 0 Å². The normalized spacial score (nSPS) is 15.1. The smallest absolute Gasteiger partial charge is 0.296 e. The second-order valence-electron chi connectivity index (χ2n) is 1.74. The van der Waals surface area contributed by atoms with Gasteiger partial charge in [0.05, 0.1) is 0 Å². The average molecular weight is 178 g/mol. The molecule has 0 fully saturated rings. The van der Waals surface area contributed by atoms with Crippen molar-refractivity contribution < 1.29 is 17.7 Å². The van der Waals surface area contributed by atoms with Crippen LogP contribution >= 0.6 is 0 Å². The Labute approximate surface area is 65.9 Å². The van der Waals surface area contributed by atoms with Crippen molar-refractivity contribution in [2.24, 2.45) is 0 Å². The highest BCUT2D eigenvalue weighted by molar-refractivity contribution is 7.86. The van der Waals surface area contributed by atoms with Crippen molar-refractivity contribution in [3.05, 3.63) is 24.8 Å². The molecule has 1 unspecified atom stereocenters. The summed E-state index contributed by atoms with van der Waals surface area (Å²) in [6.45, 7) is 3.33. The lowest BCUT2D eigenvalue weighted by atomic mass is 10.5. The maximum Gasteiger partial charge on any atom is 0.296 e. The van der Waals surface area contributed by atoms with Crippen LogP contribution in [0.1, 0.15) is 0 Å². The fraction of sp³-hybridized carbons (Fsp3) is 0.333. The molecular formula is C6H10O4S. The van der Waals surface area contributed by atoms with E-state index in [9.17, 15) is 8.42 Å². The number of methoxy groups -OCH3 is 1. The van der Waals surface area contributed by atoms with Crippen LogP contribution in [0.4, 0.5) is 0 Å². The largest absolute Gasteiger partial charge is 0.359 e. The van der Waals surface area contributed by atoms with Gasteiger partial charge in [-0.15, -0.1) is 0 Å². The molecule has 64 valence electrons.